The molecule has 0 saturated carbocycles. The van der Waals surface area contributed by atoms with Crippen LogP contribution in [0.4, 0.5) is 5.69 Å². The van der Waals surface area contributed by atoms with Crippen molar-refractivity contribution >= 4 is 33.5 Å². The highest BCUT2D eigenvalue weighted by Crippen LogP contribution is 2.44. The molecule has 2 saturated heterocycles. The number of amides is 1. The maximum Gasteiger partial charge on any atom is 0.310 e. The van der Waals surface area contributed by atoms with Crippen LogP contribution >= 0.6 is 15.9 Å². The smallest absolute Gasteiger partial charge is 0.310 e. The maximum atomic E-state index is 12.5. The molecule has 3 rings (SSSR count). The van der Waals surface area contributed by atoms with Crippen molar-refractivity contribution in [2.75, 3.05) is 5.32 Å². The van der Waals surface area contributed by atoms with Crippen molar-refractivity contribution in [1.82, 2.24) is 0 Å². The van der Waals surface area contributed by atoms with Crippen LogP contribution in [0.5, 0.6) is 0 Å². The number of nitrogens with one attached hydrogen (secondary N) is 1. The van der Waals surface area contributed by atoms with Crippen LogP contribution in [0, 0.1) is 18.8 Å². The quantitative estimate of drug-likeness (QED) is 0.875. The van der Waals surface area contributed by atoms with E-state index in [0.29, 0.717) is 5.69 Å². The average molecular weight is 354 g/mol. The van der Waals surface area contributed by atoms with Gasteiger partial charge in [0.1, 0.15) is 0 Å². The highest BCUT2D eigenvalue weighted by atomic mass is 79.9. The first-order valence-electron chi connectivity index (χ1n) is 6.92. The van der Waals surface area contributed by atoms with Crippen molar-refractivity contribution in [3.8, 4) is 0 Å². The second-order valence-electron chi connectivity index (χ2n) is 5.65. The van der Waals surface area contributed by atoms with Crippen LogP contribution in [0.1, 0.15) is 18.4 Å². The molecule has 1 amide bonds. The summed E-state index contributed by atoms with van der Waals surface area (Å²) in [4.78, 5) is 23.9. The molecule has 0 spiro atoms. The Morgan fingerprint density at radius 3 is 2.57 bits per heavy atom. The molecule has 2 fully saturated rings. The monoisotopic (exact) mass is 353 g/mol. The molecule has 21 heavy (non-hydrogen) atoms. The first kappa shape index (κ1) is 14.5. The van der Waals surface area contributed by atoms with E-state index >= 15 is 0 Å². The Morgan fingerprint density at radius 1 is 1.29 bits per heavy atom. The molecule has 4 atom stereocenters. The highest BCUT2D eigenvalue weighted by molar-refractivity contribution is 9.10. The molecule has 6 heteroatoms. The van der Waals surface area contributed by atoms with E-state index in [-0.39, 0.29) is 18.1 Å². The molecule has 2 bridgehead atoms. The molecule has 1 aromatic rings. The molecule has 112 valence electrons. The van der Waals surface area contributed by atoms with Crippen LogP contribution in [0.25, 0.3) is 0 Å². The van der Waals surface area contributed by atoms with Crippen molar-refractivity contribution < 1.29 is 19.4 Å². The number of carbonyl (C=O) groups excluding carboxylic acids is 1. The van der Waals surface area contributed by atoms with Crippen LogP contribution in [0.15, 0.2) is 22.7 Å². The van der Waals surface area contributed by atoms with E-state index in [1.807, 2.05) is 19.1 Å². The lowest BCUT2D eigenvalue weighted by atomic mass is 9.78. The molecule has 2 aliphatic rings. The Kier molecular flexibility index (Phi) is 3.75. The predicted octanol–water partition coefficient (Wildman–Crippen LogP) is 2.57. The summed E-state index contributed by atoms with van der Waals surface area (Å²) in [6.45, 7) is 1.96. The van der Waals surface area contributed by atoms with E-state index in [1.165, 1.54) is 0 Å². The summed E-state index contributed by atoms with van der Waals surface area (Å²) in [5, 5.41) is 12.2. The van der Waals surface area contributed by atoms with Gasteiger partial charge in [0.2, 0.25) is 5.91 Å². The lowest BCUT2D eigenvalue weighted by Gasteiger charge is -2.24. The number of rotatable bonds is 3. The topological polar surface area (TPSA) is 75.6 Å². The molecule has 2 N–H and O–H groups in total. The second-order valence-corrected chi connectivity index (χ2v) is 6.51. The fraction of sp³-hybridized carbons (Fsp3) is 0.467. The van der Waals surface area contributed by atoms with Gasteiger partial charge in [0.05, 0.1) is 29.7 Å². The number of carboxylic acids is 1. The molecule has 0 radical (unpaired) electrons. The molecule has 0 aromatic heterocycles. The van der Waals surface area contributed by atoms with Gasteiger partial charge in [-0.2, -0.15) is 0 Å². The van der Waals surface area contributed by atoms with Crippen LogP contribution in [-0.4, -0.2) is 29.2 Å². The Morgan fingerprint density at radius 2 is 1.95 bits per heavy atom. The number of fused-ring (bicyclic) bond motifs is 2. The number of aliphatic carboxylic acids is 1. The maximum absolute atomic E-state index is 12.5. The van der Waals surface area contributed by atoms with Gasteiger partial charge in [-0.05, 0) is 53.4 Å². The average Bonchev–Trinajstić information content (AvgIpc) is 3.02. The predicted molar refractivity (Wildman–Crippen MR) is 80.0 cm³/mol. The number of hydrogen-bond donors (Lipinski definition) is 2. The SMILES string of the molecule is Cc1ccc(NC(=O)[C@H]2[C@@H](C(=O)O)[C@H]3CC[C@H]2O3)c(Br)c1. The number of aryl methyl sites for hydroxylation is 1. The van der Waals surface area contributed by atoms with E-state index in [2.05, 4.69) is 21.2 Å². The van der Waals surface area contributed by atoms with Crippen LogP contribution < -0.4 is 5.32 Å². The molecule has 5 nitrogen and oxygen atoms in total. The summed E-state index contributed by atoms with van der Waals surface area (Å²) in [5.41, 5.74) is 1.73. The largest absolute Gasteiger partial charge is 0.481 e. The lowest BCUT2D eigenvalue weighted by Crippen LogP contribution is -2.41. The highest BCUT2D eigenvalue weighted by Gasteiger charge is 2.55. The van der Waals surface area contributed by atoms with E-state index < -0.39 is 17.8 Å². The summed E-state index contributed by atoms with van der Waals surface area (Å²) in [6.07, 6.45) is 0.867. The molecular formula is C15H16BrNO4. The Bertz CT molecular complexity index is 603. The molecule has 0 aliphatic carbocycles. The number of ether oxygens (including phenoxy) is 1. The van der Waals surface area contributed by atoms with E-state index in [9.17, 15) is 14.7 Å². The molecule has 2 heterocycles. The summed E-state index contributed by atoms with van der Waals surface area (Å²) >= 11 is 3.41. The van der Waals surface area contributed by atoms with Gasteiger partial charge < -0.3 is 15.2 Å². The first-order valence-corrected chi connectivity index (χ1v) is 7.72. The minimum atomic E-state index is -0.953. The minimum Gasteiger partial charge on any atom is -0.481 e. The van der Waals surface area contributed by atoms with Crippen molar-refractivity contribution in [2.45, 2.75) is 32.0 Å². The third-order valence-electron chi connectivity index (χ3n) is 4.24. The van der Waals surface area contributed by atoms with E-state index in [4.69, 9.17) is 4.74 Å². The number of halogens is 1. The Balaban J connectivity index is 1.80. The van der Waals surface area contributed by atoms with Crippen molar-refractivity contribution in [3.05, 3.63) is 28.2 Å². The van der Waals surface area contributed by atoms with Crippen molar-refractivity contribution in [2.24, 2.45) is 11.8 Å². The van der Waals surface area contributed by atoms with Gasteiger partial charge in [-0.3, -0.25) is 9.59 Å². The van der Waals surface area contributed by atoms with Gasteiger partial charge in [0.25, 0.3) is 0 Å². The van der Waals surface area contributed by atoms with Gasteiger partial charge in [-0.25, -0.2) is 0 Å². The third-order valence-corrected chi connectivity index (χ3v) is 4.90. The number of hydrogen-bond acceptors (Lipinski definition) is 3. The standard InChI is InChI=1S/C15H16BrNO4/c1-7-2-3-9(8(16)6-7)17-14(18)12-10-4-5-11(21-10)13(12)15(19)20/h2-3,6,10-13H,4-5H2,1H3,(H,17,18)(H,19,20)/t10-,11-,12-,13+/m1/s1. The van der Waals surface area contributed by atoms with Gasteiger partial charge in [-0.1, -0.05) is 6.07 Å². The van der Waals surface area contributed by atoms with Gasteiger partial charge in [0.15, 0.2) is 0 Å². The summed E-state index contributed by atoms with van der Waals surface area (Å²) < 4.78 is 6.40. The zero-order chi connectivity index (χ0) is 15.1. The van der Waals surface area contributed by atoms with Gasteiger partial charge in [0, 0.05) is 4.47 Å². The number of anilines is 1. The lowest BCUT2D eigenvalue weighted by molar-refractivity contribution is -0.147. The first-order chi connectivity index (χ1) is 9.97. The normalized spacial score (nSPS) is 30.4. The summed E-state index contributed by atoms with van der Waals surface area (Å²) in [5.74, 6) is -2.59. The van der Waals surface area contributed by atoms with Crippen LogP contribution in [-0.2, 0) is 14.3 Å². The summed E-state index contributed by atoms with van der Waals surface area (Å²) in [7, 11) is 0. The van der Waals surface area contributed by atoms with Crippen molar-refractivity contribution in [1.29, 1.82) is 0 Å². The number of carbonyl (C=O) groups is 2. The minimum absolute atomic E-state index is 0.277. The number of benzene rings is 1. The summed E-state index contributed by atoms with van der Waals surface area (Å²) in [6, 6.07) is 5.61. The number of carboxylic acid groups (broad SMARTS) is 1. The zero-order valence-corrected chi connectivity index (χ0v) is 13.1. The molecule has 1 aromatic carbocycles. The fourth-order valence-electron chi connectivity index (χ4n) is 3.26. The van der Waals surface area contributed by atoms with Gasteiger partial charge in [-0.15, -0.1) is 0 Å². The fourth-order valence-corrected chi connectivity index (χ4v) is 3.85. The van der Waals surface area contributed by atoms with Crippen molar-refractivity contribution in [3.63, 3.8) is 0 Å². The molecule has 0 unspecified atom stereocenters. The van der Waals surface area contributed by atoms with Crippen LogP contribution in [0.3, 0.4) is 0 Å². The Hall–Kier alpha value is -1.40. The van der Waals surface area contributed by atoms with Gasteiger partial charge >= 0.3 is 5.97 Å². The van der Waals surface area contributed by atoms with E-state index in [0.717, 1.165) is 22.9 Å². The molecule has 2 aliphatic heterocycles. The third kappa shape index (κ3) is 2.58. The Labute approximate surface area is 130 Å². The van der Waals surface area contributed by atoms with Crippen LogP contribution in [0.2, 0.25) is 0 Å². The molecular weight excluding hydrogens is 338 g/mol. The van der Waals surface area contributed by atoms with E-state index in [1.54, 1.807) is 6.07 Å². The second kappa shape index (κ2) is 5.42. The zero-order valence-electron chi connectivity index (χ0n) is 11.5.